The fourth-order valence-corrected chi connectivity index (χ4v) is 7.47. The van der Waals surface area contributed by atoms with E-state index >= 15 is 0 Å². The zero-order chi connectivity index (χ0) is 28.3. The lowest BCUT2D eigenvalue weighted by molar-refractivity contribution is 1.43. The fraction of sp³-hybridized carbons (Fsp3) is 0. The summed E-state index contributed by atoms with van der Waals surface area (Å²) in [4.78, 5) is 10.3. The highest BCUT2D eigenvalue weighted by Crippen LogP contribution is 2.43. The number of para-hydroxylation sites is 2. The van der Waals surface area contributed by atoms with E-state index in [1.165, 1.54) is 48.0 Å². The first-order valence-electron chi connectivity index (χ1n) is 14.5. The van der Waals surface area contributed by atoms with Crippen LogP contribution in [0.5, 0.6) is 0 Å². The molecule has 0 radical (unpaired) electrons. The Morgan fingerprint density at radius 3 is 1.63 bits per heavy atom. The number of thiazole rings is 1. The van der Waals surface area contributed by atoms with Crippen LogP contribution >= 0.6 is 11.3 Å². The van der Waals surface area contributed by atoms with Crippen molar-refractivity contribution in [2.45, 2.75) is 0 Å². The second-order valence-corrected chi connectivity index (χ2v) is 12.0. The van der Waals surface area contributed by atoms with Crippen LogP contribution in [0.25, 0.3) is 86.4 Å². The Balaban J connectivity index is 1.29. The maximum atomic E-state index is 5.35. The van der Waals surface area contributed by atoms with E-state index in [2.05, 4.69) is 140 Å². The monoisotopic (exact) mass is 564 g/mol. The molecule has 9 rings (SSSR count). The zero-order valence-corrected chi connectivity index (χ0v) is 24.0. The van der Waals surface area contributed by atoms with Gasteiger partial charge in [0.15, 0.2) is 0 Å². The zero-order valence-electron chi connectivity index (χ0n) is 23.2. The fourth-order valence-electron chi connectivity index (χ4n) is 6.51. The third-order valence-corrected chi connectivity index (χ3v) is 9.53. The molecule has 0 aliphatic carbocycles. The van der Waals surface area contributed by atoms with Crippen molar-refractivity contribution in [3.8, 4) is 33.0 Å². The number of aromatic nitrogens is 2. The average molecular weight is 565 g/mol. The molecule has 0 saturated carbocycles. The summed E-state index contributed by atoms with van der Waals surface area (Å²) >= 11 is 1.74. The summed E-state index contributed by atoms with van der Waals surface area (Å²) in [7, 11) is 0. The SMILES string of the molecule is c1cc(-c2cccc(-c3nc4ccccc4c4c5ccccc5c5ccccc5c34)c2)cc(-c2nc3ccccc3s2)c1. The van der Waals surface area contributed by atoms with Gasteiger partial charge in [0.25, 0.3) is 0 Å². The molecule has 0 amide bonds. The highest BCUT2D eigenvalue weighted by atomic mass is 32.1. The number of benzene rings is 7. The molecule has 0 saturated heterocycles. The van der Waals surface area contributed by atoms with Crippen molar-refractivity contribution >= 4 is 64.8 Å². The van der Waals surface area contributed by atoms with Gasteiger partial charge in [-0.05, 0) is 63.0 Å². The Morgan fingerprint density at radius 1 is 0.372 bits per heavy atom. The van der Waals surface area contributed by atoms with Gasteiger partial charge in [-0.25, -0.2) is 9.97 Å². The summed E-state index contributed by atoms with van der Waals surface area (Å²) in [5.74, 6) is 0. The van der Waals surface area contributed by atoms with E-state index in [9.17, 15) is 0 Å². The molecule has 3 heteroatoms. The van der Waals surface area contributed by atoms with Crippen molar-refractivity contribution in [2.75, 3.05) is 0 Å². The molecule has 2 heterocycles. The van der Waals surface area contributed by atoms with E-state index < -0.39 is 0 Å². The summed E-state index contributed by atoms with van der Waals surface area (Å²) in [5.41, 5.74) is 7.64. The van der Waals surface area contributed by atoms with Crippen molar-refractivity contribution in [2.24, 2.45) is 0 Å². The molecule has 200 valence electrons. The Hall–Kier alpha value is -5.38. The molecule has 9 aromatic rings. The second-order valence-electron chi connectivity index (χ2n) is 11.0. The molecule has 2 nitrogen and oxygen atoms in total. The van der Waals surface area contributed by atoms with Crippen LogP contribution in [0.15, 0.2) is 146 Å². The van der Waals surface area contributed by atoms with E-state index in [0.29, 0.717) is 0 Å². The first-order valence-corrected chi connectivity index (χ1v) is 15.3. The molecule has 0 atom stereocenters. The van der Waals surface area contributed by atoms with E-state index in [-0.39, 0.29) is 0 Å². The number of fused-ring (bicyclic) bond motifs is 9. The predicted molar refractivity (Wildman–Crippen MR) is 184 cm³/mol. The van der Waals surface area contributed by atoms with E-state index in [1.54, 1.807) is 11.3 Å². The third-order valence-electron chi connectivity index (χ3n) is 8.45. The maximum Gasteiger partial charge on any atom is 0.124 e. The molecule has 0 spiro atoms. The molecule has 0 N–H and O–H groups in total. The van der Waals surface area contributed by atoms with Gasteiger partial charge in [0.2, 0.25) is 0 Å². The standard InChI is InChI=1S/C40H24N2S/c1-3-17-31-29(15-1)30-16-2-4-18-32(30)38-37(31)33-19-5-6-20-34(33)41-39(38)27-13-9-11-25(23-27)26-12-10-14-28(24-26)40-42-35-21-7-8-22-36(35)43-40/h1-24H. The number of nitrogens with zero attached hydrogens (tertiary/aromatic N) is 2. The quantitative estimate of drug-likeness (QED) is 0.199. The first-order chi connectivity index (χ1) is 21.3. The number of hydrogen-bond acceptors (Lipinski definition) is 3. The Labute approximate surface area is 252 Å². The van der Waals surface area contributed by atoms with Crippen molar-refractivity contribution in [3.63, 3.8) is 0 Å². The lowest BCUT2D eigenvalue weighted by Gasteiger charge is -2.16. The van der Waals surface area contributed by atoms with Crippen LogP contribution in [0, 0.1) is 0 Å². The maximum absolute atomic E-state index is 5.35. The summed E-state index contributed by atoms with van der Waals surface area (Å²) in [6.45, 7) is 0. The molecule has 0 aliphatic rings. The normalized spacial score (nSPS) is 11.7. The minimum Gasteiger partial charge on any atom is -0.247 e. The summed E-state index contributed by atoms with van der Waals surface area (Å²) in [6.07, 6.45) is 0. The number of hydrogen-bond donors (Lipinski definition) is 0. The van der Waals surface area contributed by atoms with Crippen LogP contribution < -0.4 is 0 Å². The molecule has 43 heavy (non-hydrogen) atoms. The molecule has 0 fully saturated rings. The van der Waals surface area contributed by atoms with E-state index in [4.69, 9.17) is 9.97 Å². The van der Waals surface area contributed by atoms with Gasteiger partial charge in [-0.2, -0.15) is 0 Å². The van der Waals surface area contributed by atoms with Crippen molar-refractivity contribution < 1.29 is 0 Å². The van der Waals surface area contributed by atoms with Gasteiger partial charge < -0.3 is 0 Å². The largest absolute Gasteiger partial charge is 0.247 e. The minimum atomic E-state index is 1.01. The van der Waals surface area contributed by atoms with Crippen LogP contribution in [0.4, 0.5) is 0 Å². The van der Waals surface area contributed by atoms with E-state index in [0.717, 1.165) is 38.4 Å². The molecule has 0 unspecified atom stereocenters. The first kappa shape index (κ1) is 24.2. The van der Waals surface area contributed by atoms with Crippen LogP contribution in [-0.4, -0.2) is 9.97 Å². The lowest BCUT2D eigenvalue weighted by atomic mass is 9.89. The van der Waals surface area contributed by atoms with Crippen molar-refractivity contribution in [1.29, 1.82) is 0 Å². The van der Waals surface area contributed by atoms with Gasteiger partial charge >= 0.3 is 0 Å². The molecule has 7 aromatic carbocycles. The topological polar surface area (TPSA) is 25.8 Å². The Morgan fingerprint density at radius 2 is 0.907 bits per heavy atom. The van der Waals surface area contributed by atoms with Crippen molar-refractivity contribution in [3.05, 3.63) is 146 Å². The Kier molecular flexibility index (Phi) is 5.40. The summed E-state index contributed by atoms with van der Waals surface area (Å²) in [5, 5.41) is 9.70. The highest BCUT2D eigenvalue weighted by molar-refractivity contribution is 7.21. The molecule has 0 aliphatic heterocycles. The predicted octanol–water partition coefficient (Wildman–Crippen LogP) is 11.3. The van der Waals surface area contributed by atoms with Crippen LogP contribution in [-0.2, 0) is 0 Å². The summed E-state index contributed by atoms with van der Waals surface area (Å²) in [6, 6.07) is 52.0. The average Bonchev–Trinajstić information content (AvgIpc) is 3.53. The molecule has 2 aromatic heterocycles. The molecular formula is C40H24N2S. The van der Waals surface area contributed by atoms with Gasteiger partial charge in [0.05, 0.1) is 21.4 Å². The number of pyridine rings is 1. The molecular weight excluding hydrogens is 541 g/mol. The van der Waals surface area contributed by atoms with Crippen LogP contribution in [0.1, 0.15) is 0 Å². The van der Waals surface area contributed by atoms with Crippen LogP contribution in [0.2, 0.25) is 0 Å². The second kappa shape index (κ2) is 9.59. The number of rotatable bonds is 3. The lowest BCUT2D eigenvalue weighted by Crippen LogP contribution is -1.93. The van der Waals surface area contributed by atoms with E-state index in [1.807, 2.05) is 6.07 Å². The summed E-state index contributed by atoms with van der Waals surface area (Å²) < 4.78 is 1.21. The smallest absolute Gasteiger partial charge is 0.124 e. The third kappa shape index (κ3) is 3.86. The van der Waals surface area contributed by atoms with Gasteiger partial charge in [-0.15, -0.1) is 11.3 Å². The minimum absolute atomic E-state index is 1.01. The molecule has 0 bridgehead atoms. The van der Waals surface area contributed by atoms with Gasteiger partial charge in [0.1, 0.15) is 5.01 Å². The Bertz CT molecular complexity index is 2490. The van der Waals surface area contributed by atoms with Gasteiger partial charge in [-0.3, -0.25) is 0 Å². The van der Waals surface area contributed by atoms with Crippen molar-refractivity contribution in [1.82, 2.24) is 9.97 Å². The highest BCUT2D eigenvalue weighted by Gasteiger charge is 2.17. The van der Waals surface area contributed by atoms with Gasteiger partial charge in [0, 0.05) is 27.3 Å². The van der Waals surface area contributed by atoms with Gasteiger partial charge in [-0.1, -0.05) is 115 Å². The van der Waals surface area contributed by atoms with Crippen LogP contribution in [0.3, 0.4) is 0 Å².